The molecule has 2 N–H and O–H groups in total. The Hall–Kier alpha value is -1.92. The molecule has 0 amide bonds. The summed E-state index contributed by atoms with van der Waals surface area (Å²) in [7, 11) is 0. The summed E-state index contributed by atoms with van der Waals surface area (Å²) in [6.07, 6.45) is 11.4. The van der Waals surface area contributed by atoms with Crippen LogP contribution in [0.25, 0.3) is 0 Å². The maximum atomic E-state index is 12.3. The van der Waals surface area contributed by atoms with Gasteiger partial charge in [-0.1, -0.05) is 11.6 Å². The number of fused-ring (bicyclic) bond motifs is 1. The van der Waals surface area contributed by atoms with Gasteiger partial charge in [-0.15, -0.1) is 11.3 Å². The average Bonchev–Trinajstić information content (AvgIpc) is 3.04. The van der Waals surface area contributed by atoms with Crippen LogP contribution < -0.4 is 5.32 Å². The Kier molecular flexibility index (Phi) is 4.40. The molecule has 142 valence electrons. The number of hydrogen-bond acceptors (Lipinski definition) is 5. The summed E-state index contributed by atoms with van der Waals surface area (Å²) in [6, 6.07) is 0. The molecule has 0 radical (unpaired) electrons. The van der Waals surface area contributed by atoms with E-state index in [1.807, 2.05) is 6.21 Å². The van der Waals surface area contributed by atoms with Crippen molar-refractivity contribution in [1.29, 1.82) is 0 Å². The minimum Gasteiger partial charge on any atom is -0.478 e. The zero-order chi connectivity index (χ0) is 18.4. The highest BCUT2D eigenvalue weighted by atomic mass is 32.1. The minimum absolute atomic E-state index is 0.0937. The fourth-order valence-electron chi connectivity index (χ4n) is 4.90. The highest BCUT2D eigenvalue weighted by Crippen LogP contribution is 2.49. The largest absolute Gasteiger partial charge is 0.478 e. The van der Waals surface area contributed by atoms with Crippen LogP contribution in [0.4, 0.5) is 5.00 Å². The van der Waals surface area contributed by atoms with Crippen molar-refractivity contribution in [2.24, 2.45) is 4.99 Å². The van der Waals surface area contributed by atoms with Crippen molar-refractivity contribution in [1.82, 2.24) is 0 Å². The van der Waals surface area contributed by atoms with Crippen molar-refractivity contribution in [2.45, 2.75) is 57.1 Å². The molecule has 2 atom stereocenters. The number of nitrogens with zero attached hydrogens (tertiary/aromatic N) is 1. The molecule has 6 heteroatoms. The van der Waals surface area contributed by atoms with Crippen LogP contribution in [-0.4, -0.2) is 36.7 Å². The van der Waals surface area contributed by atoms with E-state index in [1.54, 1.807) is 0 Å². The van der Waals surface area contributed by atoms with Crippen molar-refractivity contribution in [3.05, 3.63) is 38.8 Å². The van der Waals surface area contributed by atoms with Crippen molar-refractivity contribution in [2.75, 3.05) is 18.5 Å². The summed E-state index contributed by atoms with van der Waals surface area (Å²) in [5.41, 5.74) is 5.70. The molecule has 2 unspecified atom stereocenters. The molecule has 1 fully saturated rings. The van der Waals surface area contributed by atoms with E-state index >= 15 is 0 Å². The second kappa shape index (κ2) is 6.91. The van der Waals surface area contributed by atoms with Crippen LogP contribution in [0.5, 0.6) is 0 Å². The monoisotopic (exact) mass is 384 g/mol. The molecule has 5 nitrogen and oxygen atoms in total. The molecule has 6 rings (SSSR count). The minimum atomic E-state index is -0.850. The molecule has 3 aliphatic heterocycles. The Balaban J connectivity index is 1.58. The summed E-state index contributed by atoms with van der Waals surface area (Å²) in [5.74, 6) is -0.614. The van der Waals surface area contributed by atoms with E-state index in [4.69, 9.17) is 4.74 Å². The third-order valence-electron chi connectivity index (χ3n) is 6.14. The number of allylic oxidation sites excluding steroid dienone is 2. The highest BCUT2D eigenvalue weighted by molar-refractivity contribution is 7.18. The van der Waals surface area contributed by atoms with Crippen LogP contribution in [0.15, 0.2) is 27.8 Å². The van der Waals surface area contributed by atoms with E-state index in [9.17, 15) is 9.90 Å². The fraction of sp³-hybridized carbons (Fsp3) is 0.524. The van der Waals surface area contributed by atoms with Crippen molar-refractivity contribution >= 4 is 28.5 Å². The third-order valence-corrected chi connectivity index (χ3v) is 7.21. The van der Waals surface area contributed by atoms with Gasteiger partial charge in [-0.2, -0.15) is 0 Å². The number of carboxylic acid groups (broad SMARTS) is 1. The summed E-state index contributed by atoms with van der Waals surface area (Å²) < 4.78 is 5.79. The lowest BCUT2D eigenvalue weighted by atomic mass is 9.73. The van der Waals surface area contributed by atoms with Gasteiger partial charge >= 0.3 is 5.97 Å². The predicted molar refractivity (Wildman–Crippen MR) is 107 cm³/mol. The third kappa shape index (κ3) is 3.05. The summed E-state index contributed by atoms with van der Waals surface area (Å²) in [4.78, 5) is 17.9. The average molecular weight is 385 g/mol. The van der Waals surface area contributed by atoms with Gasteiger partial charge in [-0.05, 0) is 67.6 Å². The van der Waals surface area contributed by atoms with E-state index < -0.39 is 5.97 Å². The zero-order valence-electron chi connectivity index (χ0n) is 15.3. The van der Waals surface area contributed by atoms with E-state index in [0.29, 0.717) is 5.56 Å². The number of rotatable bonds is 3. The van der Waals surface area contributed by atoms with Crippen molar-refractivity contribution in [3.8, 4) is 0 Å². The van der Waals surface area contributed by atoms with Gasteiger partial charge in [0.1, 0.15) is 11.2 Å². The molecule has 27 heavy (non-hydrogen) atoms. The summed E-state index contributed by atoms with van der Waals surface area (Å²) in [6.45, 7) is 1.46. The summed E-state index contributed by atoms with van der Waals surface area (Å²) >= 11 is 1.52. The number of nitrogens with one attached hydrogen (secondary N) is 1. The smallest absolute Gasteiger partial charge is 0.339 e. The van der Waals surface area contributed by atoms with Crippen LogP contribution in [-0.2, 0) is 4.74 Å². The van der Waals surface area contributed by atoms with Crippen molar-refractivity contribution in [3.63, 3.8) is 0 Å². The molecule has 1 aromatic heterocycles. The second-order valence-corrected chi connectivity index (χ2v) is 8.87. The van der Waals surface area contributed by atoms with Gasteiger partial charge in [0.25, 0.3) is 0 Å². The molecular weight excluding hydrogens is 360 g/mol. The molecule has 0 aromatic carbocycles. The van der Waals surface area contributed by atoms with E-state index in [1.165, 1.54) is 28.1 Å². The van der Waals surface area contributed by atoms with Crippen LogP contribution in [0.2, 0.25) is 0 Å². The van der Waals surface area contributed by atoms with Gasteiger partial charge in [-0.25, -0.2) is 4.79 Å². The maximum Gasteiger partial charge on any atom is 0.339 e. The standard InChI is InChI=1S/C21H24N2O3S/c24-21(25)19-18-14-8-12-4-3-5-13(9-14)15(12)10-22-11-16(18)27-20(19)23-17-6-1-2-7-26-17/h4,11,14,17,23H,1-3,5-10H2,(H,24,25). The Morgan fingerprint density at radius 1 is 1.33 bits per heavy atom. The number of aromatic carboxylic acids is 1. The molecule has 0 saturated carbocycles. The first-order valence-corrected chi connectivity index (χ1v) is 10.7. The lowest BCUT2D eigenvalue weighted by Gasteiger charge is -2.32. The number of hydrogen-bond donors (Lipinski definition) is 2. The Labute approximate surface area is 162 Å². The summed E-state index contributed by atoms with van der Waals surface area (Å²) in [5, 5.41) is 14.2. The highest BCUT2D eigenvalue weighted by Gasteiger charge is 2.35. The van der Waals surface area contributed by atoms with Gasteiger partial charge < -0.3 is 15.2 Å². The Bertz CT molecular complexity index is 874. The van der Waals surface area contributed by atoms with Gasteiger partial charge in [-0.3, -0.25) is 4.99 Å². The first kappa shape index (κ1) is 17.2. The normalized spacial score (nSPS) is 26.7. The molecule has 5 aliphatic rings. The quantitative estimate of drug-likeness (QED) is 0.792. The number of thiophene rings is 1. The number of anilines is 1. The molecule has 0 spiro atoms. The van der Waals surface area contributed by atoms with Crippen LogP contribution in [0.1, 0.15) is 71.7 Å². The Morgan fingerprint density at radius 2 is 2.26 bits per heavy atom. The molecule has 1 saturated heterocycles. The SMILES string of the molecule is O=C(O)c1c(NC2CCCCO2)sc2c1C1CC3=CCCC(=C3CN=C2)C1. The lowest BCUT2D eigenvalue weighted by Crippen LogP contribution is -2.27. The van der Waals surface area contributed by atoms with E-state index in [2.05, 4.69) is 16.4 Å². The van der Waals surface area contributed by atoms with Gasteiger partial charge in [0.2, 0.25) is 0 Å². The maximum absolute atomic E-state index is 12.3. The Morgan fingerprint density at radius 3 is 3.04 bits per heavy atom. The molecule has 2 aliphatic carbocycles. The fourth-order valence-corrected chi connectivity index (χ4v) is 6.12. The first-order valence-electron chi connectivity index (χ1n) is 9.89. The molecule has 1 aromatic rings. The van der Waals surface area contributed by atoms with Crippen LogP contribution in [0.3, 0.4) is 0 Å². The van der Waals surface area contributed by atoms with Crippen molar-refractivity contribution < 1.29 is 14.6 Å². The molecular formula is C21H24N2O3S. The van der Waals surface area contributed by atoms with Crippen LogP contribution >= 0.6 is 11.3 Å². The second-order valence-electron chi connectivity index (χ2n) is 7.81. The van der Waals surface area contributed by atoms with E-state index in [0.717, 1.165) is 73.5 Å². The topological polar surface area (TPSA) is 70.9 Å². The van der Waals surface area contributed by atoms with Gasteiger partial charge in [0.05, 0.1) is 17.0 Å². The van der Waals surface area contributed by atoms with Crippen LogP contribution in [0, 0.1) is 0 Å². The predicted octanol–water partition coefficient (Wildman–Crippen LogP) is 4.71. The molecule has 4 bridgehead atoms. The number of carbonyl (C=O) groups is 1. The van der Waals surface area contributed by atoms with E-state index in [-0.39, 0.29) is 12.1 Å². The molecule has 4 heterocycles. The lowest BCUT2D eigenvalue weighted by molar-refractivity contribution is 0.0344. The van der Waals surface area contributed by atoms with Gasteiger partial charge in [0.15, 0.2) is 0 Å². The first-order chi connectivity index (χ1) is 13.2. The zero-order valence-corrected chi connectivity index (χ0v) is 16.1. The number of carboxylic acids is 1. The van der Waals surface area contributed by atoms with Gasteiger partial charge in [0, 0.05) is 12.8 Å². The number of aliphatic imine (C=N–C) groups is 1. The number of ether oxygens (including phenoxy) is 1.